The number of carbonyl (C=O) groups is 1. The maximum Gasteiger partial charge on any atom is 0.293 e. The minimum atomic E-state index is -0.308. The van der Waals surface area contributed by atoms with Crippen molar-refractivity contribution in [2.75, 3.05) is 6.54 Å². The number of H-pyrrole nitrogens is 1. The topological polar surface area (TPSA) is 67.0 Å². The monoisotopic (exact) mass is 343 g/mol. The molecule has 0 amide bonds. The van der Waals surface area contributed by atoms with Crippen LogP contribution in [0.2, 0.25) is 0 Å². The Morgan fingerprint density at radius 3 is 2.72 bits per heavy atom. The van der Waals surface area contributed by atoms with E-state index in [1.807, 2.05) is 19.2 Å². The smallest absolute Gasteiger partial charge is 0.293 e. The van der Waals surface area contributed by atoms with E-state index in [2.05, 4.69) is 53.4 Å². The van der Waals surface area contributed by atoms with E-state index in [0.29, 0.717) is 12.4 Å². The van der Waals surface area contributed by atoms with Gasteiger partial charge in [0, 0.05) is 25.4 Å². The number of imidazole rings is 1. The molecule has 0 aliphatic heterocycles. The van der Waals surface area contributed by atoms with Gasteiger partial charge < -0.3 is 15.0 Å². The Hall–Kier alpha value is -2.14. The Balaban J connectivity index is 2.08. The number of hydrogen-bond donors (Lipinski definition) is 2. The number of nitrogens with one attached hydrogen (secondary N) is 2. The lowest BCUT2D eigenvalue weighted by atomic mass is 9.81. The van der Waals surface area contributed by atoms with Gasteiger partial charge in [-0.05, 0) is 31.2 Å². The number of nitrogens with zero attached hydrogens (tertiary/aromatic N) is 1. The van der Waals surface area contributed by atoms with Crippen molar-refractivity contribution in [1.82, 2.24) is 15.3 Å². The molecule has 0 spiro atoms. The fourth-order valence-corrected chi connectivity index (χ4v) is 3.52. The van der Waals surface area contributed by atoms with Gasteiger partial charge in [-0.25, -0.2) is 4.98 Å². The summed E-state index contributed by atoms with van der Waals surface area (Å²) >= 11 is 0. The van der Waals surface area contributed by atoms with E-state index in [1.165, 1.54) is 5.56 Å². The van der Waals surface area contributed by atoms with E-state index < -0.39 is 0 Å². The van der Waals surface area contributed by atoms with Gasteiger partial charge in [-0.15, -0.1) is 0 Å². The van der Waals surface area contributed by atoms with Gasteiger partial charge in [-0.3, -0.25) is 4.79 Å². The fourth-order valence-electron chi connectivity index (χ4n) is 3.52. The molecule has 5 nitrogen and oxygen atoms in total. The molecule has 0 bridgehead atoms. The third-order valence-electron chi connectivity index (χ3n) is 4.85. The van der Waals surface area contributed by atoms with E-state index in [9.17, 15) is 4.79 Å². The molecule has 0 radical (unpaired) electrons. The van der Waals surface area contributed by atoms with Crippen LogP contribution < -0.4 is 5.32 Å². The van der Waals surface area contributed by atoms with Crippen LogP contribution in [0.5, 0.6) is 0 Å². The first-order valence-corrected chi connectivity index (χ1v) is 8.96. The van der Waals surface area contributed by atoms with Crippen LogP contribution >= 0.6 is 0 Å². The molecule has 1 aromatic heterocycles. The lowest BCUT2D eigenvalue weighted by Gasteiger charge is -2.39. The molecule has 3 atom stereocenters. The first kappa shape index (κ1) is 19.2. The minimum Gasteiger partial charge on any atom is -0.463 e. The molecule has 25 heavy (non-hydrogen) atoms. The van der Waals surface area contributed by atoms with Gasteiger partial charge in [0.2, 0.25) is 0 Å². The number of carbonyl (C=O) groups excluding carboxylic acids is 1. The Labute approximate surface area is 150 Å². The zero-order valence-electron chi connectivity index (χ0n) is 15.4. The second-order valence-electron chi connectivity index (χ2n) is 6.78. The van der Waals surface area contributed by atoms with Gasteiger partial charge in [-0.2, -0.15) is 0 Å². The molecule has 2 aromatic rings. The van der Waals surface area contributed by atoms with E-state index >= 15 is 0 Å². The molecule has 0 fully saturated rings. The van der Waals surface area contributed by atoms with Gasteiger partial charge in [0.15, 0.2) is 0 Å². The predicted octanol–water partition coefficient (Wildman–Crippen LogP) is 3.45. The van der Waals surface area contributed by atoms with Crippen LogP contribution in [0.3, 0.4) is 0 Å². The van der Waals surface area contributed by atoms with Crippen LogP contribution in [0.15, 0.2) is 42.7 Å². The van der Waals surface area contributed by atoms with Crippen molar-refractivity contribution < 1.29 is 9.53 Å². The Bertz CT molecular complexity index is 615. The number of aromatic nitrogens is 2. The second kappa shape index (κ2) is 9.37. The predicted molar refractivity (Wildman–Crippen MR) is 99.4 cm³/mol. The number of hydrogen-bond acceptors (Lipinski definition) is 4. The SMILES string of the molecule is CCC(OC=O)C(C)(CC(C)c1ccccc1)NCCc1ncc[nH]1. The summed E-state index contributed by atoms with van der Waals surface area (Å²) in [6, 6.07) is 10.5. The second-order valence-corrected chi connectivity index (χ2v) is 6.78. The zero-order chi connectivity index (χ0) is 18.1. The molecule has 2 N–H and O–H groups in total. The van der Waals surface area contributed by atoms with E-state index in [4.69, 9.17) is 4.74 Å². The molecule has 136 valence electrons. The quantitative estimate of drug-likeness (QED) is 0.613. The molecule has 1 aromatic carbocycles. The Morgan fingerprint density at radius 1 is 1.36 bits per heavy atom. The third-order valence-corrected chi connectivity index (χ3v) is 4.85. The summed E-state index contributed by atoms with van der Waals surface area (Å²) in [6.45, 7) is 7.74. The third kappa shape index (κ3) is 5.43. The average Bonchev–Trinajstić information content (AvgIpc) is 3.13. The maximum atomic E-state index is 11.0. The Kier molecular flexibility index (Phi) is 7.19. The highest BCUT2D eigenvalue weighted by molar-refractivity contribution is 5.38. The van der Waals surface area contributed by atoms with Crippen LogP contribution in [0, 0.1) is 0 Å². The maximum absolute atomic E-state index is 11.0. The minimum absolute atomic E-state index is 0.173. The number of benzene rings is 1. The number of aromatic amines is 1. The van der Waals surface area contributed by atoms with Gasteiger partial charge in [0.05, 0.1) is 5.54 Å². The van der Waals surface area contributed by atoms with Crippen molar-refractivity contribution in [3.8, 4) is 0 Å². The summed E-state index contributed by atoms with van der Waals surface area (Å²) in [5.74, 6) is 1.31. The standard InChI is InChI=1S/C20H29N3O2/c1-4-18(25-15-24)20(3,23-11-10-19-21-12-13-22-19)14-16(2)17-8-6-5-7-9-17/h5-9,12-13,15-16,18,23H,4,10-11,14H2,1-3H3,(H,21,22). The molecule has 0 aliphatic rings. The van der Waals surface area contributed by atoms with E-state index in [-0.39, 0.29) is 11.6 Å². The number of ether oxygens (including phenoxy) is 1. The lowest BCUT2D eigenvalue weighted by molar-refractivity contribution is -0.138. The average molecular weight is 343 g/mol. The fraction of sp³-hybridized carbons (Fsp3) is 0.500. The largest absolute Gasteiger partial charge is 0.463 e. The normalized spacial score (nSPS) is 16.0. The highest BCUT2D eigenvalue weighted by Gasteiger charge is 2.36. The summed E-state index contributed by atoms with van der Waals surface area (Å²) in [5, 5.41) is 3.63. The Morgan fingerprint density at radius 2 is 2.12 bits per heavy atom. The van der Waals surface area contributed by atoms with Crippen molar-refractivity contribution in [2.45, 2.75) is 57.6 Å². The molecule has 5 heteroatoms. The molecular weight excluding hydrogens is 314 g/mol. The molecule has 3 unspecified atom stereocenters. The van der Waals surface area contributed by atoms with Crippen molar-refractivity contribution in [2.24, 2.45) is 0 Å². The van der Waals surface area contributed by atoms with E-state index in [0.717, 1.165) is 31.6 Å². The van der Waals surface area contributed by atoms with Gasteiger partial charge in [0.1, 0.15) is 11.9 Å². The highest BCUT2D eigenvalue weighted by Crippen LogP contribution is 2.30. The van der Waals surface area contributed by atoms with Crippen LogP contribution in [0.25, 0.3) is 0 Å². The van der Waals surface area contributed by atoms with E-state index in [1.54, 1.807) is 6.20 Å². The highest BCUT2D eigenvalue weighted by atomic mass is 16.5. The first-order valence-electron chi connectivity index (χ1n) is 8.96. The molecule has 1 heterocycles. The van der Waals surface area contributed by atoms with Crippen molar-refractivity contribution >= 4 is 6.47 Å². The molecule has 0 saturated carbocycles. The van der Waals surface area contributed by atoms with Gasteiger partial charge in [0.25, 0.3) is 6.47 Å². The molecular formula is C20H29N3O2. The van der Waals surface area contributed by atoms with Gasteiger partial charge >= 0.3 is 0 Å². The van der Waals surface area contributed by atoms with Crippen molar-refractivity contribution in [1.29, 1.82) is 0 Å². The van der Waals surface area contributed by atoms with Crippen LogP contribution in [0.4, 0.5) is 0 Å². The van der Waals surface area contributed by atoms with Gasteiger partial charge in [-0.1, -0.05) is 44.2 Å². The summed E-state index contributed by atoms with van der Waals surface area (Å²) in [4.78, 5) is 18.4. The summed E-state index contributed by atoms with van der Waals surface area (Å²) in [5.41, 5.74) is 0.986. The summed E-state index contributed by atoms with van der Waals surface area (Å²) in [6.07, 6.45) is 5.87. The summed E-state index contributed by atoms with van der Waals surface area (Å²) in [7, 11) is 0. The van der Waals surface area contributed by atoms with Crippen molar-refractivity contribution in [3.05, 3.63) is 54.1 Å². The lowest BCUT2D eigenvalue weighted by Crippen LogP contribution is -2.54. The first-order chi connectivity index (χ1) is 12.1. The zero-order valence-corrected chi connectivity index (χ0v) is 15.4. The van der Waals surface area contributed by atoms with Crippen LogP contribution in [0.1, 0.15) is 50.9 Å². The molecule has 0 saturated heterocycles. The molecule has 0 aliphatic carbocycles. The number of rotatable bonds is 11. The van der Waals surface area contributed by atoms with Crippen LogP contribution in [-0.4, -0.2) is 34.6 Å². The molecule has 2 rings (SSSR count). The van der Waals surface area contributed by atoms with Crippen LogP contribution in [-0.2, 0) is 16.0 Å². The van der Waals surface area contributed by atoms with Crippen molar-refractivity contribution in [3.63, 3.8) is 0 Å². The summed E-state index contributed by atoms with van der Waals surface area (Å²) < 4.78 is 5.41.